The molecule has 1 aliphatic heterocycles. The number of rotatable bonds is 4. The van der Waals surface area contributed by atoms with Gasteiger partial charge in [-0.3, -0.25) is 19.3 Å². The van der Waals surface area contributed by atoms with Gasteiger partial charge in [0.2, 0.25) is 5.91 Å². The van der Waals surface area contributed by atoms with Crippen molar-refractivity contribution in [3.05, 3.63) is 47.0 Å². The third kappa shape index (κ3) is 4.35. The molecule has 2 aromatic heterocycles. The summed E-state index contributed by atoms with van der Waals surface area (Å²) in [5.74, 6) is 0.425. The SMILES string of the molecule is CC(=O)N(C)Cc1cc(C2CCN(C(=O)c3ccc(C)nc3)CC2)nn1C. The number of amides is 2. The normalized spacial score (nSPS) is 15.0. The highest BCUT2D eigenvalue weighted by Gasteiger charge is 2.26. The minimum atomic E-state index is 0.0372. The molecule has 0 radical (unpaired) electrons. The Kier molecular flexibility index (Phi) is 5.58. The van der Waals surface area contributed by atoms with Crippen LogP contribution in [0.4, 0.5) is 0 Å². The van der Waals surface area contributed by atoms with Crippen molar-refractivity contribution in [2.75, 3.05) is 20.1 Å². The molecule has 0 atom stereocenters. The van der Waals surface area contributed by atoms with E-state index in [9.17, 15) is 9.59 Å². The summed E-state index contributed by atoms with van der Waals surface area (Å²) in [6, 6.07) is 5.80. The van der Waals surface area contributed by atoms with Crippen LogP contribution in [0.1, 0.15) is 53.1 Å². The summed E-state index contributed by atoms with van der Waals surface area (Å²) < 4.78 is 1.85. The molecular weight excluding hydrogens is 342 g/mol. The van der Waals surface area contributed by atoms with Crippen LogP contribution in [0.3, 0.4) is 0 Å². The first-order chi connectivity index (χ1) is 12.8. The first-order valence-corrected chi connectivity index (χ1v) is 9.31. The highest BCUT2D eigenvalue weighted by molar-refractivity contribution is 5.94. The number of carbonyl (C=O) groups is 2. The molecule has 3 rings (SSSR count). The highest BCUT2D eigenvalue weighted by Crippen LogP contribution is 2.28. The summed E-state index contributed by atoms with van der Waals surface area (Å²) >= 11 is 0. The Labute approximate surface area is 160 Å². The number of hydrogen-bond donors (Lipinski definition) is 0. The second-order valence-corrected chi connectivity index (χ2v) is 7.31. The third-order valence-electron chi connectivity index (χ3n) is 5.29. The predicted octanol–water partition coefficient (Wildman–Crippen LogP) is 2.12. The number of carbonyl (C=O) groups excluding carboxylic acids is 2. The molecule has 27 heavy (non-hydrogen) atoms. The number of likely N-dealkylation sites (tertiary alicyclic amines) is 1. The monoisotopic (exact) mass is 369 g/mol. The number of aryl methyl sites for hydroxylation is 2. The van der Waals surface area contributed by atoms with Crippen molar-refractivity contribution in [2.24, 2.45) is 7.05 Å². The molecule has 7 heteroatoms. The highest BCUT2D eigenvalue weighted by atomic mass is 16.2. The molecule has 144 valence electrons. The minimum absolute atomic E-state index is 0.0372. The van der Waals surface area contributed by atoms with E-state index in [4.69, 9.17) is 0 Å². The van der Waals surface area contributed by atoms with Gasteiger partial charge in [0.05, 0.1) is 23.5 Å². The van der Waals surface area contributed by atoms with Crippen molar-refractivity contribution in [3.63, 3.8) is 0 Å². The summed E-state index contributed by atoms with van der Waals surface area (Å²) in [5, 5.41) is 4.65. The van der Waals surface area contributed by atoms with Gasteiger partial charge in [0, 0.05) is 51.9 Å². The van der Waals surface area contributed by atoms with Crippen LogP contribution in [0.2, 0.25) is 0 Å². The van der Waals surface area contributed by atoms with Crippen LogP contribution < -0.4 is 0 Å². The first kappa shape index (κ1) is 19.1. The Hall–Kier alpha value is -2.70. The largest absolute Gasteiger partial charge is 0.340 e. The van der Waals surface area contributed by atoms with Gasteiger partial charge in [0.15, 0.2) is 0 Å². The quantitative estimate of drug-likeness (QED) is 0.828. The fraction of sp³-hybridized carbons (Fsp3) is 0.500. The molecule has 1 saturated heterocycles. The zero-order valence-electron chi connectivity index (χ0n) is 16.5. The molecule has 1 aliphatic rings. The molecule has 0 aromatic carbocycles. The Morgan fingerprint density at radius 2 is 1.96 bits per heavy atom. The average Bonchev–Trinajstić information content (AvgIpc) is 3.02. The van der Waals surface area contributed by atoms with Gasteiger partial charge in [-0.25, -0.2) is 0 Å². The van der Waals surface area contributed by atoms with Crippen molar-refractivity contribution in [1.29, 1.82) is 0 Å². The Bertz CT molecular complexity index is 819. The van der Waals surface area contributed by atoms with Crippen LogP contribution in [0, 0.1) is 6.92 Å². The van der Waals surface area contributed by atoms with Crippen LogP contribution >= 0.6 is 0 Å². The van der Waals surface area contributed by atoms with Gasteiger partial charge in [-0.1, -0.05) is 0 Å². The number of aromatic nitrogens is 3. The molecule has 0 N–H and O–H groups in total. The average molecular weight is 369 g/mol. The molecule has 0 unspecified atom stereocenters. The van der Waals surface area contributed by atoms with Crippen molar-refractivity contribution in [2.45, 2.75) is 39.2 Å². The summed E-state index contributed by atoms with van der Waals surface area (Å²) in [4.78, 5) is 31.9. The van der Waals surface area contributed by atoms with E-state index in [-0.39, 0.29) is 11.8 Å². The smallest absolute Gasteiger partial charge is 0.255 e. The minimum Gasteiger partial charge on any atom is -0.340 e. The number of hydrogen-bond acceptors (Lipinski definition) is 4. The van der Waals surface area contributed by atoms with Crippen molar-refractivity contribution in [1.82, 2.24) is 24.6 Å². The van der Waals surface area contributed by atoms with Crippen molar-refractivity contribution < 1.29 is 9.59 Å². The molecule has 0 aliphatic carbocycles. The fourth-order valence-electron chi connectivity index (χ4n) is 3.39. The van der Waals surface area contributed by atoms with E-state index in [1.165, 1.54) is 0 Å². The van der Waals surface area contributed by atoms with E-state index in [0.717, 1.165) is 43.0 Å². The van der Waals surface area contributed by atoms with E-state index >= 15 is 0 Å². The molecule has 7 nitrogen and oxygen atoms in total. The lowest BCUT2D eigenvalue weighted by molar-refractivity contribution is -0.128. The lowest BCUT2D eigenvalue weighted by atomic mass is 9.93. The molecule has 2 amide bonds. The van der Waals surface area contributed by atoms with Gasteiger partial charge in [0.25, 0.3) is 5.91 Å². The van der Waals surface area contributed by atoms with Crippen molar-refractivity contribution in [3.8, 4) is 0 Å². The second-order valence-electron chi connectivity index (χ2n) is 7.31. The molecule has 1 fully saturated rings. The van der Waals surface area contributed by atoms with E-state index in [1.54, 1.807) is 25.1 Å². The van der Waals surface area contributed by atoms with E-state index in [1.807, 2.05) is 35.7 Å². The fourth-order valence-corrected chi connectivity index (χ4v) is 3.39. The molecule has 2 aromatic rings. The summed E-state index contributed by atoms with van der Waals surface area (Å²) in [6.45, 7) is 5.46. The molecule has 0 bridgehead atoms. The van der Waals surface area contributed by atoms with E-state index in [0.29, 0.717) is 18.0 Å². The predicted molar refractivity (Wildman–Crippen MR) is 102 cm³/mol. The zero-order valence-corrected chi connectivity index (χ0v) is 16.5. The number of piperidine rings is 1. The molecule has 0 saturated carbocycles. The zero-order chi connectivity index (χ0) is 19.6. The van der Waals surface area contributed by atoms with Crippen LogP contribution in [0.15, 0.2) is 24.4 Å². The van der Waals surface area contributed by atoms with Gasteiger partial charge in [-0.2, -0.15) is 5.10 Å². The van der Waals surface area contributed by atoms with Crippen LogP contribution in [0.25, 0.3) is 0 Å². The first-order valence-electron chi connectivity index (χ1n) is 9.31. The maximum atomic E-state index is 12.6. The number of pyridine rings is 1. The summed E-state index contributed by atoms with van der Waals surface area (Å²) in [5.41, 5.74) is 3.62. The van der Waals surface area contributed by atoms with E-state index in [2.05, 4.69) is 16.1 Å². The number of nitrogens with zero attached hydrogens (tertiary/aromatic N) is 5. The van der Waals surface area contributed by atoms with Gasteiger partial charge >= 0.3 is 0 Å². The maximum Gasteiger partial charge on any atom is 0.255 e. The third-order valence-corrected chi connectivity index (χ3v) is 5.29. The Morgan fingerprint density at radius 3 is 2.56 bits per heavy atom. The lowest BCUT2D eigenvalue weighted by Crippen LogP contribution is -2.38. The second kappa shape index (κ2) is 7.90. The van der Waals surface area contributed by atoms with Crippen LogP contribution in [-0.2, 0) is 18.4 Å². The lowest BCUT2D eigenvalue weighted by Gasteiger charge is -2.31. The van der Waals surface area contributed by atoms with Crippen LogP contribution in [-0.4, -0.2) is 56.5 Å². The van der Waals surface area contributed by atoms with E-state index < -0.39 is 0 Å². The Balaban J connectivity index is 1.61. The van der Waals surface area contributed by atoms with Gasteiger partial charge in [0.1, 0.15) is 0 Å². The molecular formula is C20H27N5O2. The Morgan fingerprint density at radius 1 is 1.26 bits per heavy atom. The summed E-state index contributed by atoms with van der Waals surface area (Å²) in [7, 11) is 3.70. The van der Waals surface area contributed by atoms with Gasteiger partial charge in [-0.05, 0) is 38.0 Å². The van der Waals surface area contributed by atoms with Crippen molar-refractivity contribution >= 4 is 11.8 Å². The standard InChI is InChI=1S/C20H27N5O2/c1-14-5-6-17(12-21-14)20(27)25-9-7-16(8-10-25)19-11-18(24(4)22-19)13-23(3)15(2)26/h5-6,11-12,16H,7-10,13H2,1-4H3. The topological polar surface area (TPSA) is 71.3 Å². The summed E-state index contributed by atoms with van der Waals surface area (Å²) in [6.07, 6.45) is 3.44. The molecule has 0 spiro atoms. The van der Waals surface area contributed by atoms with Crippen LogP contribution in [0.5, 0.6) is 0 Å². The molecule has 3 heterocycles. The maximum absolute atomic E-state index is 12.6. The van der Waals surface area contributed by atoms with Gasteiger partial charge < -0.3 is 9.80 Å². The van der Waals surface area contributed by atoms with Gasteiger partial charge in [-0.15, -0.1) is 0 Å².